The molecule has 7 heteroatoms. The van der Waals surface area contributed by atoms with Gasteiger partial charge in [0.2, 0.25) is 15.9 Å². The van der Waals surface area contributed by atoms with Gasteiger partial charge < -0.3 is 4.74 Å². The molecule has 0 amide bonds. The van der Waals surface area contributed by atoms with E-state index in [1.165, 1.54) is 19.2 Å². The van der Waals surface area contributed by atoms with Crippen molar-refractivity contribution in [1.82, 2.24) is 4.98 Å². The van der Waals surface area contributed by atoms with Crippen LogP contribution in [0.15, 0.2) is 59.5 Å². The van der Waals surface area contributed by atoms with Gasteiger partial charge >= 0.3 is 0 Å². The SMILES string of the molecule is COc1nc(-c2ccc(C)cc2)c(-c2ccc(S(N)(=O)=O)cc2)cc1C#N. The second-order valence-electron chi connectivity index (χ2n) is 5.99. The van der Waals surface area contributed by atoms with Crippen molar-refractivity contribution >= 4 is 10.0 Å². The number of hydrogen-bond acceptors (Lipinski definition) is 5. The van der Waals surface area contributed by atoms with E-state index in [9.17, 15) is 13.7 Å². The van der Waals surface area contributed by atoms with E-state index in [1.54, 1.807) is 18.2 Å². The van der Waals surface area contributed by atoms with Crippen LogP contribution >= 0.6 is 0 Å². The normalized spacial score (nSPS) is 11.0. The first-order valence-corrected chi connectivity index (χ1v) is 9.57. The van der Waals surface area contributed by atoms with Gasteiger partial charge in [0.05, 0.1) is 17.7 Å². The molecule has 2 N–H and O–H groups in total. The number of aryl methyl sites for hydroxylation is 1. The lowest BCUT2D eigenvalue weighted by Crippen LogP contribution is -2.11. The third-order valence-corrected chi connectivity index (χ3v) is 5.05. The van der Waals surface area contributed by atoms with Gasteiger partial charge in [-0.25, -0.2) is 18.5 Å². The molecule has 6 nitrogen and oxygen atoms in total. The van der Waals surface area contributed by atoms with Gasteiger partial charge in [-0.15, -0.1) is 0 Å². The van der Waals surface area contributed by atoms with Crippen molar-refractivity contribution < 1.29 is 13.2 Å². The number of primary sulfonamides is 1. The second kappa shape index (κ2) is 7.19. The molecule has 0 spiro atoms. The molecule has 1 aromatic heterocycles. The average Bonchev–Trinajstić information content (AvgIpc) is 2.67. The number of hydrogen-bond donors (Lipinski definition) is 1. The fourth-order valence-corrected chi connectivity index (χ4v) is 3.22. The molecule has 27 heavy (non-hydrogen) atoms. The fourth-order valence-electron chi connectivity index (χ4n) is 2.71. The molecule has 136 valence electrons. The largest absolute Gasteiger partial charge is 0.480 e. The van der Waals surface area contributed by atoms with Crippen LogP contribution in [0.3, 0.4) is 0 Å². The van der Waals surface area contributed by atoms with Crippen molar-refractivity contribution in [2.75, 3.05) is 7.11 Å². The molecule has 0 aliphatic carbocycles. The first kappa shape index (κ1) is 18.6. The Kier molecular flexibility index (Phi) is 4.95. The molecular weight excluding hydrogens is 362 g/mol. The Morgan fingerprint density at radius 1 is 1.04 bits per heavy atom. The second-order valence-corrected chi connectivity index (χ2v) is 7.55. The number of nitrogens with two attached hydrogens (primary N) is 1. The van der Waals surface area contributed by atoms with Gasteiger partial charge in [0, 0.05) is 11.1 Å². The predicted octanol–water partition coefficient (Wildman–Crippen LogP) is 3.25. The summed E-state index contributed by atoms with van der Waals surface area (Å²) in [5, 5.41) is 14.6. The summed E-state index contributed by atoms with van der Waals surface area (Å²) in [6.07, 6.45) is 0. The van der Waals surface area contributed by atoms with E-state index in [0.29, 0.717) is 22.4 Å². The minimum absolute atomic E-state index is 0.0186. The van der Waals surface area contributed by atoms with Crippen molar-refractivity contribution in [1.29, 1.82) is 5.26 Å². The van der Waals surface area contributed by atoms with E-state index in [0.717, 1.165) is 11.1 Å². The van der Waals surface area contributed by atoms with Gasteiger partial charge in [0.15, 0.2) is 0 Å². The number of methoxy groups -OCH3 is 1. The molecule has 0 fully saturated rings. The van der Waals surface area contributed by atoms with E-state index in [2.05, 4.69) is 11.1 Å². The maximum absolute atomic E-state index is 11.5. The molecule has 0 saturated heterocycles. The summed E-state index contributed by atoms with van der Waals surface area (Å²) in [6, 6.07) is 17.7. The number of pyridine rings is 1. The number of sulfonamides is 1. The molecule has 2 aromatic carbocycles. The van der Waals surface area contributed by atoms with Crippen LogP contribution in [-0.2, 0) is 10.0 Å². The summed E-state index contributed by atoms with van der Waals surface area (Å²) in [6.45, 7) is 1.99. The molecule has 1 heterocycles. The monoisotopic (exact) mass is 379 g/mol. The van der Waals surface area contributed by atoms with Crippen LogP contribution in [0.2, 0.25) is 0 Å². The van der Waals surface area contributed by atoms with Gasteiger partial charge in [-0.2, -0.15) is 5.26 Å². The first-order valence-electron chi connectivity index (χ1n) is 8.03. The summed E-state index contributed by atoms with van der Waals surface area (Å²) in [4.78, 5) is 4.54. The predicted molar refractivity (Wildman–Crippen MR) is 102 cm³/mol. The van der Waals surface area contributed by atoms with E-state index < -0.39 is 10.0 Å². The summed E-state index contributed by atoms with van der Waals surface area (Å²) in [5.41, 5.74) is 4.29. The lowest BCUT2D eigenvalue weighted by atomic mass is 9.97. The minimum atomic E-state index is -3.78. The van der Waals surface area contributed by atoms with E-state index in [-0.39, 0.29) is 10.8 Å². The van der Waals surface area contributed by atoms with Crippen LogP contribution in [0.25, 0.3) is 22.4 Å². The summed E-state index contributed by atoms with van der Waals surface area (Å²) in [7, 11) is -2.32. The third-order valence-electron chi connectivity index (χ3n) is 4.12. The van der Waals surface area contributed by atoms with Crippen molar-refractivity contribution in [3.8, 4) is 34.3 Å². The average molecular weight is 379 g/mol. The maximum Gasteiger partial charge on any atom is 0.238 e. The van der Waals surface area contributed by atoms with Crippen molar-refractivity contribution in [3.05, 3.63) is 65.7 Å². The minimum Gasteiger partial charge on any atom is -0.480 e. The first-order chi connectivity index (χ1) is 12.8. The van der Waals surface area contributed by atoms with Crippen molar-refractivity contribution in [3.63, 3.8) is 0 Å². The van der Waals surface area contributed by atoms with Gasteiger partial charge in [-0.05, 0) is 30.7 Å². The number of benzene rings is 2. The highest BCUT2D eigenvalue weighted by atomic mass is 32.2. The Balaban J connectivity index is 2.24. The molecule has 0 aliphatic heterocycles. The zero-order valence-electron chi connectivity index (χ0n) is 14.8. The van der Waals surface area contributed by atoms with Crippen LogP contribution in [0, 0.1) is 18.3 Å². The summed E-state index contributed by atoms with van der Waals surface area (Å²) < 4.78 is 28.2. The van der Waals surface area contributed by atoms with Crippen LogP contribution in [0.1, 0.15) is 11.1 Å². The number of aromatic nitrogens is 1. The van der Waals surface area contributed by atoms with E-state index in [4.69, 9.17) is 9.88 Å². The molecule has 0 saturated carbocycles. The Hall–Kier alpha value is -3.21. The number of ether oxygens (including phenoxy) is 1. The summed E-state index contributed by atoms with van der Waals surface area (Å²) >= 11 is 0. The maximum atomic E-state index is 11.5. The van der Waals surface area contributed by atoms with Crippen molar-refractivity contribution in [2.45, 2.75) is 11.8 Å². The lowest BCUT2D eigenvalue weighted by Gasteiger charge is -2.13. The van der Waals surface area contributed by atoms with Crippen LogP contribution in [-0.4, -0.2) is 20.5 Å². The highest BCUT2D eigenvalue weighted by molar-refractivity contribution is 7.89. The summed E-state index contributed by atoms with van der Waals surface area (Å²) in [5.74, 6) is 0.234. The lowest BCUT2D eigenvalue weighted by molar-refractivity contribution is 0.397. The van der Waals surface area contributed by atoms with Crippen LogP contribution < -0.4 is 9.88 Å². The molecular formula is C20H17N3O3S. The Morgan fingerprint density at radius 3 is 2.15 bits per heavy atom. The highest BCUT2D eigenvalue weighted by Crippen LogP contribution is 2.34. The standard InChI is InChI=1S/C20H17N3O3S/c1-13-3-5-15(6-4-13)19-18(11-16(12-21)20(23-19)26-2)14-7-9-17(10-8-14)27(22,24)25/h3-11H,1-2H3,(H2,22,24,25). The van der Waals surface area contributed by atoms with Gasteiger partial charge in [0.25, 0.3) is 0 Å². The zero-order valence-corrected chi connectivity index (χ0v) is 15.6. The number of nitriles is 1. The molecule has 3 rings (SSSR count). The fraction of sp³-hybridized carbons (Fsp3) is 0.100. The smallest absolute Gasteiger partial charge is 0.238 e. The highest BCUT2D eigenvalue weighted by Gasteiger charge is 2.16. The Bertz CT molecular complexity index is 1130. The van der Waals surface area contributed by atoms with Gasteiger partial charge in [-0.3, -0.25) is 0 Å². The van der Waals surface area contributed by atoms with Gasteiger partial charge in [0.1, 0.15) is 11.6 Å². The molecule has 0 unspecified atom stereocenters. The quantitative estimate of drug-likeness (QED) is 0.749. The number of nitrogens with zero attached hydrogens (tertiary/aromatic N) is 2. The molecule has 3 aromatic rings. The molecule has 0 atom stereocenters. The Morgan fingerprint density at radius 2 is 1.63 bits per heavy atom. The zero-order chi connectivity index (χ0) is 19.6. The molecule has 0 aliphatic rings. The topological polar surface area (TPSA) is 106 Å². The molecule has 0 radical (unpaired) electrons. The van der Waals surface area contributed by atoms with Crippen molar-refractivity contribution in [2.24, 2.45) is 5.14 Å². The van der Waals surface area contributed by atoms with E-state index >= 15 is 0 Å². The molecule has 0 bridgehead atoms. The van der Waals surface area contributed by atoms with Gasteiger partial charge in [-0.1, -0.05) is 42.0 Å². The number of rotatable bonds is 4. The van der Waals surface area contributed by atoms with Crippen LogP contribution in [0.4, 0.5) is 0 Å². The van der Waals surface area contributed by atoms with Crippen LogP contribution in [0.5, 0.6) is 5.88 Å². The van der Waals surface area contributed by atoms with E-state index in [1.807, 2.05) is 31.2 Å². The Labute approximate surface area is 157 Å². The third kappa shape index (κ3) is 3.82.